The number of nitrogens with zero attached hydrogens (tertiary/aromatic N) is 2. The van der Waals surface area contributed by atoms with E-state index in [-0.39, 0.29) is 12.2 Å². The first-order valence-corrected chi connectivity index (χ1v) is 10.3. The third-order valence-electron chi connectivity index (χ3n) is 5.83. The molecule has 0 radical (unpaired) electrons. The Bertz CT molecular complexity index is 424. The van der Waals surface area contributed by atoms with E-state index >= 15 is 0 Å². The van der Waals surface area contributed by atoms with E-state index in [4.69, 9.17) is 9.47 Å². The van der Waals surface area contributed by atoms with Gasteiger partial charge in [0.05, 0.1) is 25.4 Å². The van der Waals surface area contributed by atoms with Gasteiger partial charge in [0.15, 0.2) is 0 Å². The second kappa shape index (κ2) is 10.5. The van der Waals surface area contributed by atoms with Gasteiger partial charge in [0.25, 0.3) is 0 Å². The van der Waals surface area contributed by atoms with Gasteiger partial charge in [-0.15, -0.1) is 0 Å². The minimum atomic E-state index is -0.478. The molecule has 0 unspecified atom stereocenters. The van der Waals surface area contributed by atoms with Crippen molar-refractivity contribution in [3.8, 4) is 0 Å². The Morgan fingerprint density at radius 1 is 1.19 bits per heavy atom. The van der Waals surface area contributed by atoms with Crippen LogP contribution in [0, 0.1) is 17.8 Å². The van der Waals surface area contributed by atoms with Crippen molar-refractivity contribution in [2.75, 3.05) is 45.9 Å². The molecule has 0 aromatic carbocycles. The third kappa shape index (κ3) is 6.39. The average molecular weight is 371 g/mol. The topological polar surface area (TPSA) is 62.2 Å². The van der Waals surface area contributed by atoms with Crippen LogP contribution in [0.5, 0.6) is 0 Å². The molecule has 0 spiro atoms. The zero-order valence-electron chi connectivity index (χ0n) is 17.0. The molecule has 4 atom stereocenters. The van der Waals surface area contributed by atoms with Crippen LogP contribution in [0.25, 0.3) is 0 Å². The van der Waals surface area contributed by atoms with E-state index < -0.39 is 6.10 Å². The van der Waals surface area contributed by atoms with Crippen molar-refractivity contribution in [1.82, 2.24) is 9.80 Å². The summed E-state index contributed by atoms with van der Waals surface area (Å²) in [5.74, 6) is 1.94. The molecule has 2 aliphatic rings. The van der Waals surface area contributed by atoms with Gasteiger partial charge < -0.3 is 19.5 Å². The monoisotopic (exact) mass is 370 g/mol. The van der Waals surface area contributed by atoms with Crippen molar-refractivity contribution in [3.63, 3.8) is 0 Å². The first kappa shape index (κ1) is 21.5. The Morgan fingerprint density at radius 2 is 1.88 bits per heavy atom. The second-order valence-corrected chi connectivity index (χ2v) is 8.34. The Labute approximate surface area is 158 Å². The highest BCUT2D eigenvalue weighted by Crippen LogP contribution is 2.35. The minimum Gasteiger partial charge on any atom is -0.450 e. The molecular weight excluding hydrogens is 332 g/mol. The fourth-order valence-corrected chi connectivity index (χ4v) is 4.22. The lowest BCUT2D eigenvalue weighted by molar-refractivity contribution is -0.0752. The fraction of sp³-hybridized carbons (Fsp3) is 0.950. The Balaban J connectivity index is 1.70. The number of aliphatic hydroxyl groups excluding tert-OH is 1. The number of ether oxygens (including phenoxy) is 2. The molecule has 26 heavy (non-hydrogen) atoms. The Hall–Kier alpha value is -0.850. The molecule has 1 aliphatic carbocycles. The van der Waals surface area contributed by atoms with E-state index in [1.165, 1.54) is 12.8 Å². The van der Waals surface area contributed by atoms with Crippen molar-refractivity contribution < 1.29 is 19.4 Å². The molecule has 6 heteroatoms. The summed E-state index contributed by atoms with van der Waals surface area (Å²) >= 11 is 0. The molecule has 1 aliphatic heterocycles. The summed E-state index contributed by atoms with van der Waals surface area (Å²) in [6.07, 6.45) is 3.18. The number of piperazine rings is 1. The summed E-state index contributed by atoms with van der Waals surface area (Å²) in [4.78, 5) is 15.7. The number of β-amino-alcohol motifs (C(OH)–C–C–N with tert-alkyl or cyclic N) is 1. The van der Waals surface area contributed by atoms with Crippen LogP contribution < -0.4 is 0 Å². The van der Waals surface area contributed by atoms with Crippen LogP contribution in [0.4, 0.5) is 4.79 Å². The quantitative estimate of drug-likeness (QED) is 0.746. The fourth-order valence-electron chi connectivity index (χ4n) is 4.22. The van der Waals surface area contributed by atoms with Gasteiger partial charge in [0.1, 0.15) is 0 Å². The van der Waals surface area contributed by atoms with Gasteiger partial charge in [-0.05, 0) is 37.5 Å². The highest BCUT2D eigenvalue weighted by molar-refractivity contribution is 5.67. The number of aliphatic hydroxyl groups is 1. The van der Waals surface area contributed by atoms with E-state index in [0.29, 0.717) is 50.6 Å². The van der Waals surface area contributed by atoms with Gasteiger partial charge >= 0.3 is 6.09 Å². The van der Waals surface area contributed by atoms with Gasteiger partial charge in [-0.3, -0.25) is 4.90 Å². The Kier molecular flexibility index (Phi) is 8.64. The molecule has 2 fully saturated rings. The summed E-state index contributed by atoms with van der Waals surface area (Å²) in [7, 11) is 0. The van der Waals surface area contributed by atoms with Gasteiger partial charge in [0, 0.05) is 32.7 Å². The van der Waals surface area contributed by atoms with E-state index in [0.717, 1.165) is 19.5 Å². The summed E-state index contributed by atoms with van der Waals surface area (Å²) in [5, 5.41) is 10.4. The molecule has 1 amide bonds. The van der Waals surface area contributed by atoms with Gasteiger partial charge in [0.2, 0.25) is 0 Å². The van der Waals surface area contributed by atoms with E-state index in [9.17, 15) is 9.90 Å². The first-order chi connectivity index (χ1) is 12.4. The van der Waals surface area contributed by atoms with Crippen molar-refractivity contribution in [3.05, 3.63) is 0 Å². The van der Waals surface area contributed by atoms with Crippen molar-refractivity contribution in [1.29, 1.82) is 0 Å². The van der Waals surface area contributed by atoms with E-state index in [2.05, 4.69) is 25.7 Å². The molecule has 1 heterocycles. The average Bonchev–Trinajstić information content (AvgIpc) is 2.60. The van der Waals surface area contributed by atoms with Crippen molar-refractivity contribution >= 4 is 6.09 Å². The molecule has 0 bridgehead atoms. The highest BCUT2D eigenvalue weighted by Gasteiger charge is 2.32. The zero-order valence-corrected chi connectivity index (χ0v) is 17.0. The molecule has 152 valence electrons. The highest BCUT2D eigenvalue weighted by atomic mass is 16.6. The standard InChI is InChI=1S/C20H38N2O4/c1-5-25-20(24)22-10-8-21(9-11-22)13-17(23)14-26-19-12-16(4)6-7-18(19)15(2)3/h15-19,23H,5-14H2,1-4H3/t16-,17+,18-,19+/m1/s1. The van der Waals surface area contributed by atoms with Crippen LogP contribution >= 0.6 is 0 Å². The van der Waals surface area contributed by atoms with Gasteiger partial charge in [-0.2, -0.15) is 0 Å². The normalized spacial score (nSPS) is 29.0. The van der Waals surface area contributed by atoms with Gasteiger partial charge in [-0.25, -0.2) is 4.79 Å². The van der Waals surface area contributed by atoms with Gasteiger partial charge in [-0.1, -0.05) is 27.2 Å². The lowest BCUT2D eigenvalue weighted by Crippen LogP contribution is -2.51. The van der Waals surface area contributed by atoms with Crippen LogP contribution in [0.1, 0.15) is 47.0 Å². The maximum absolute atomic E-state index is 11.7. The number of amides is 1. The summed E-state index contributed by atoms with van der Waals surface area (Å²) < 4.78 is 11.2. The van der Waals surface area contributed by atoms with Crippen molar-refractivity contribution in [2.45, 2.75) is 59.2 Å². The van der Waals surface area contributed by atoms with E-state index in [1.54, 1.807) is 4.90 Å². The molecule has 6 nitrogen and oxygen atoms in total. The lowest BCUT2D eigenvalue weighted by atomic mass is 9.75. The number of rotatable bonds is 7. The van der Waals surface area contributed by atoms with Crippen LogP contribution in [0.3, 0.4) is 0 Å². The number of carbonyl (C=O) groups is 1. The zero-order chi connectivity index (χ0) is 19.1. The predicted molar refractivity (Wildman–Crippen MR) is 102 cm³/mol. The lowest BCUT2D eigenvalue weighted by Gasteiger charge is -2.38. The van der Waals surface area contributed by atoms with Crippen LogP contribution in [0.15, 0.2) is 0 Å². The molecule has 1 saturated carbocycles. The maximum atomic E-state index is 11.7. The summed E-state index contributed by atoms with van der Waals surface area (Å²) in [6.45, 7) is 12.9. The second-order valence-electron chi connectivity index (χ2n) is 8.34. The largest absolute Gasteiger partial charge is 0.450 e. The third-order valence-corrected chi connectivity index (χ3v) is 5.83. The predicted octanol–water partition coefficient (Wildman–Crippen LogP) is 2.60. The Morgan fingerprint density at radius 3 is 2.50 bits per heavy atom. The molecule has 0 aromatic heterocycles. The number of carbonyl (C=O) groups excluding carboxylic acids is 1. The molecule has 1 N–H and O–H groups in total. The molecular formula is C20H38N2O4. The summed E-state index contributed by atoms with van der Waals surface area (Å²) in [5.41, 5.74) is 0. The maximum Gasteiger partial charge on any atom is 0.409 e. The SMILES string of the molecule is CCOC(=O)N1CCN(C[C@H](O)CO[C@H]2C[C@H](C)CC[C@@H]2C(C)C)CC1. The molecule has 0 aromatic rings. The van der Waals surface area contributed by atoms with Crippen LogP contribution in [-0.2, 0) is 9.47 Å². The smallest absolute Gasteiger partial charge is 0.409 e. The molecule has 2 rings (SSSR count). The van der Waals surface area contributed by atoms with E-state index in [1.807, 2.05) is 6.92 Å². The van der Waals surface area contributed by atoms with Crippen LogP contribution in [-0.4, -0.2) is 79.1 Å². The van der Waals surface area contributed by atoms with Crippen molar-refractivity contribution in [2.24, 2.45) is 17.8 Å². The first-order valence-electron chi connectivity index (χ1n) is 10.3. The summed E-state index contributed by atoms with van der Waals surface area (Å²) in [6, 6.07) is 0. The number of hydrogen-bond donors (Lipinski definition) is 1. The molecule has 1 saturated heterocycles. The number of hydrogen-bond acceptors (Lipinski definition) is 5. The van der Waals surface area contributed by atoms with Crippen LogP contribution in [0.2, 0.25) is 0 Å². The minimum absolute atomic E-state index is 0.234.